The third kappa shape index (κ3) is 4.55. The van der Waals surface area contributed by atoms with Crippen LogP contribution in [0.4, 0.5) is 0 Å². The van der Waals surface area contributed by atoms with Crippen LogP contribution >= 0.6 is 55.7 Å². The number of benzene rings is 2. The molecule has 0 saturated carbocycles. The molecule has 29 heavy (non-hydrogen) atoms. The molecule has 0 spiro atoms. The molecule has 0 N–H and O–H groups in total. The molecule has 2 aromatic carbocycles. The average Bonchev–Trinajstić information content (AvgIpc) is 2.69. The molecule has 0 bridgehead atoms. The van der Waals surface area contributed by atoms with Crippen LogP contribution in [0.3, 0.4) is 0 Å². The summed E-state index contributed by atoms with van der Waals surface area (Å²) < 4.78 is 7.23. The molecule has 9 heteroatoms. The zero-order chi connectivity index (χ0) is 21.3. The van der Waals surface area contributed by atoms with Crippen molar-refractivity contribution in [1.29, 1.82) is 0 Å². The van der Waals surface area contributed by atoms with Gasteiger partial charge in [0, 0.05) is 24.7 Å². The predicted octanol–water partition coefficient (Wildman–Crippen LogP) is 5.04. The highest BCUT2D eigenvalue weighted by molar-refractivity contribution is 9.11. The minimum absolute atomic E-state index is 0.0344. The molecule has 0 aromatic heterocycles. The van der Waals surface area contributed by atoms with Crippen LogP contribution in [0.5, 0.6) is 5.75 Å². The number of hydrogen-bond donors (Lipinski definition) is 0. The summed E-state index contributed by atoms with van der Waals surface area (Å²) in [5.41, 5.74) is 1.55. The number of rotatable bonds is 4. The fourth-order valence-electron chi connectivity index (χ4n) is 2.71. The van der Waals surface area contributed by atoms with Gasteiger partial charge in [-0.3, -0.25) is 19.4 Å². The van der Waals surface area contributed by atoms with Crippen LogP contribution in [-0.4, -0.2) is 40.8 Å². The Hall–Kier alpha value is -1.74. The SMILES string of the molecule is CN1C(=O)C(=Cc2cc(Br)c(OCc3ccccc3Cl)c(Br)c2)C(=O)N(C)C1=S. The highest BCUT2D eigenvalue weighted by Crippen LogP contribution is 2.36. The van der Waals surface area contributed by atoms with Crippen molar-refractivity contribution in [2.24, 2.45) is 0 Å². The topological polar surface area (TPSA) is 49.9 Å². The van der Waals surface area contributed by atoms with E-state index < -0.39 is 11.8 Å². The van der Waals surface area contributed by atoms with Crippen LogP contribution in [0, 0.1) is 0 Å². The number of carbonyl (C=O) groups is 2. The molecule has 3 rings (SSSR count). The highest BCUT2D eigenvalue weighted by atomic mass is 79.9. The van der Waals surface area contributed by atoms with Gasteiger partial charge in [-0.2, -0.15) is 0 Å². The standard InChI is InChI=1S/C20H15Br2ClN2O3S/c1-24-18(26)13(19(27)25(2)20(24)29)7-11-8-14(21)17(15(22)9-11)28-10-12-5-3-4-6-16(12)23/h3-9H,10H2,1-2H3. The van der Waals surface area contributed by atoms with E-state index in [0.29, 0.717) is 31.9 Å². The van der Waals surface area contributed by atoms with Crippen LogP contribution in [-0.2, 0) is 16.2 Å². The zero-order valence-electron chi connectivity index (χ0n) is 15.4. The van der Waals surface area contributed by atoms with Gasteiger partial charge >= 0.3 is 0 Å². The Morgan fingerprint density at radius 3 is 2.17 bits per heavy atom. The Labute approximate surface area is 195 Å². The average molecular weight is 559 g/mol. The van der Waals surface area contributed by atoms with Crippen LogP contribution < -0.4 is 4.74 Å². The number of likely N-dealkylation sites (N-methyl/N-ethyl adjacent to an activating group) is 2. The first-order valence-electron chi connectivity index (χ1n) is 8.37. The molecule has 1 fully saturated rings. The van der Waals surface area contributed by atoms with Gasteiger partial charge in [-0.25, -0.2) is 0 Å². The summed E-state index contributed by atoms with van der Waals surface area (Å²) in [6.45, 7) is 0.293. The van der Waals surface area contributed by atoms with Gasteiger partial charge in [0.25, 0.3) is 11.8 Å². The number of thiocarbonyl (C=S) groups is 1. The maximum absolute atomic E-state index is 12.5. The first kappa shape index (κ1) is 22.0. The van der Waals surface area contributed by atoms with Gasteiger partial charge < -0.3 is 4.74 Å². The smallest absolute Gasteiger partial charge is 0.265 e. The molecule has 2 amide bonds. The normalized spacial score (nSPS) is 14.5. The summed E-state index contributed by atoms with van der Waals surface area (Å²) >= 11 is 18.3. The van der Waals surface area contributed by atoms with Gasteiger partial charge in [-0.05, 0) is 73.9 Å². The summed E-state index contributed by atoms with van der Waals surface area (Å²) in [4.78, 5) is 27.5. The Bertz CT molecular complexity index is 1010. The summed E-state index contributed by atoms with van der Waals surface area (Å²) in [6.07, 6.45) is 1.53. The quantitative estimate of drug-likeness (QED) is 0.300. The molecule has 1 saturated heterocycles. The molecule has 2 aromatic rings. The molecule has 0 unspecified atom stereocenters. The Balaban J connectivity index is 1.88. The Morgan fingerprint density at radius 1 is 1.07 bits per heavy atom. The van der Waals surface area contributed by atoms with Gasteiger partial charge in [0.05, 0.1) is 8.95 Å². The molecule has 0 radical (unpaired) electrons. The van der Waals surface area contributed by atoms with Crippen LogP contribution in [0.2, 0.25) is 5.02 Å². The molecular formula is C20H15Br2ClN2O3S. The third-order valence-electron chi connectivity index (χ3n) is 4.31. The number of halogens is 3. The van der Waals surface area contributed by atoms with Crippen molar-refractivity contribution in [2.45, 2.75) is 6.61 Å². The number of hydrogen-bond acceptors (Lipinski definition) is 4. The Kier molecular flexibility index (Phi) is 6.78. The first-order valence-corrected chi connectivity index (χ1v) is 10.7. The monoisotopic (exact) mass is 556 g/mol. The molecule has 150 valence electrons. The number of ether oxygens (including phenoxy) is 1. The van der Waals surface area contributed by atoms with E-state index in [1.54, 1.807) is 32.3 Å². The highest BCUT2D eigenvalue weighted by Gasteiger charge is 2.35. The molecule has 1 aliphatic heterocycles. The summed E-state index contributed by atoms with van der Waals surface area (Å²) in [6, 6.07) is 11.0. The second-order valence-corrected chi connectivity index (χ2v) is 8.74. The minimum atomic E-state index is -0.440. The van der Waals surface area contributed by atoms with Gasteiger partial charge in [-0.15, -0.1) is 0 Å². The van der Waals surface area contributed by atoms with Gasteiger partial charge in [0.15, 0.2) is 5.11 Å². The summed E-state index contributed by atoms with van der Waals surface area (Å²) in [7, 11) is 3.08. The lowest BCUT2D eigenvalue weighted by atomic mass is 10.1. The molecule has 5 nitrogen and oxygen atoms in total. The van der Waals surface area contributed by atoms with Crippen molar-refractivity contribution < 1.29 is 14.3 Å². The number of amides is 2. The van der Waals surface area contributed by atoms with Crippen LogP contribution in [0.25, 0.3) is 6.08 Å². The van der Waals surface area contributed by atoms with E-state index in [0.717, 1.165) is 5.56 Å². The van der Waals surface area contributed by atoms with Gasteiger partial charge in [0.2, 0.25) is 0 Å². The fourth-order valence-corrected chi connectivity index (χ4v) is 4.51. The second kappa shape index (κ2) is 8.95. The second-order valence-electron chi connectivity index (χ2n) is 6.26. The lowest BCUT2D eigenvalue weighted by molar-refractivity contribution is -0.132. The maximum atomic E-state index is 12.5. The van der Waals surface area contributed by atoms with Crippen LogP contribution in [0.15, 0.2) is 50.9 Å². The third-order valence-corrected chi connectivity index (χ3v) is 6.40. The molecule has 1 aliphatic rings. The summed E-state index contributed by atoms with van der Waals surface area (Å²) in [5, 5.41) is 0.796. The minimum Gasteiger partial charge on any atom is -0.486 e. The van der Waals surface area contributed by atoms with Crippen LogP contribution in [0.1, 0.15) is 11.1 Å². The van der Waals surface area contributed by atoms with Crippen molar-refractivity contribution in [2.75, 3.05) is 14.1 Å². The maximum Gasteiger partial charge on any atom is 0.265 e. The molecule has 1 heterocycles. The number of carbonyl (C=O) groups excluding carboxylic acids is 2. The molecular weight excluding hydrogens is 544 g/mol. The van der Waals surface area contributed by atoms with Crippen molar-refractivity contribution >= 4 is 78.7 Å². The van der Waals surface area contributed by atoms with E-state index in [9.17, 15) is 9.59 Å². The van der Waals surface area contributed by atoms with E-state index >= 15 is 0 Å². The lowest BCUT2D eigenvalue weighted by Gasteiger charge is -2.31. The number of nitrogens with zero attached hydrogens (tertiary/aromatic N) is 2. The van der Waals surface area contributed by atoms with Crippen molar-refractivity contribution in [1.82, 2.24) is 9.80 Å². The van der Waals surface area contributed by atoms with E-state index in [1.807, 2.05) is 18.2 Å². The van der Waals surface area contributed by atoms with E-state index in [-0.39, 0.29) is 10.7 Å². The zero-order valence-corrected chi connectivity index (χ0v) is 20.2. The van der Waals surface area contributed by atoms with Gasteiger partial charge in [0.1, 0.15) is 17.9 Å². The largest absolute Gasteiger partial charge is 0.486 e. The molecule has 0 aliphatic carbocycles. The van der Waals surface area contributed by atoms with E-state index in [4.69, 9.17) is 28.6 Å². The van der Waals surface area contributed by atoms with Gasteiger partial charge in [-0.1, -0.05) is 29.8 Å². The fraction of sp³-hybridized carbons (Fsp3) is 0.150. The van der Waals surface area contributed by atoms with Crippen molar-refractivity contribution in [3.05, 3.63) is 67.1 Å². The van der Waals surface area contributed by atoms with Crippen molar-refractivity contribution in [3.63, 3.8) is 0 Å². The Morgan fingerprint density at radius 2 is 1.62 bits per heavy atom. The van der Waals surface area contributed by atoms with Crippen molar-refractivity contribution in [3.8, 4) is 5.75 Å². The van der Waals surface area contributed by atoms with E-state index in [2.05, 4.69) is 31.9 Å². The predicted molar refractivity (Wildman–Crippen MR) is 124 cm³/mol. The molecule has 0 atom stereocenters. The lowest BCUT2D eigenvalue weighted by Crippen LogP contribution is -2.52. The first-order chi connectivity index (χ1) is 13.7. The summed E-state index contributed by atoms with van der Waals surface area (Å²) in [5.74, 6) is -0.294. The van der Waals surface area contributed by atoms with E-state index in [1.165, 1.54) is 15.9 Å².